The molecule has 0 heteroatoms. The Morgan fingerprint density at radius 1 is 1.36 bits per heavy atom. The molecule has 0 saturated heterocycles. The molecule has 0 aliphatic heterocycles. The summed E-state index contributed by atoms with van der Waals surface area (Å²) in [5, 5.41) is 0. The zero-order valence-corrected chi connectivity index (χ0v) is 9.19. The van der Waals surface area contributed by atoms with Gasteiger partial charge in [-0.2, -0.15) is 0 Å². The molecular weight excluding hydrogens is 168 g/mol. The van der Waals surface area contributed by atoms with Crippen LogP contribution in [0.1, 0.15) is 42.5 Å². The highest BCUT2D eigenvalue weighted by molar-refractivity contribution is 5.64. The molecule has 0 saturated carbocycles. The minimum absolute atomic E-state index is 1.16. The Morgan fingerprint density at radius 2 is 2.14 bits per heavy atom. The number of benzene rings is 1. The quantitative estimate of drug-likeness (QED) is 0.659. The molecule has 1 aromatic rings. The lowest BCUT2D eigenvalue weighted by molar-refractivity contribution is 0.905. The minimum atomic E-state index is 1.16. The molecule has 0 spiro atoms. The molecule has 0 aromatic heterocycles. The molecule has 0 bridgehead atoms. The maximum Gasteiger partial charge on any atom is -0.0228 e. The normalized spacial score (nSPS) is 14.1. The molecule has 0 unspecified atom stereocenters. The van der Waals surface area contributed by atoms with Crippen LogP contribution in [0.3, 0.4) is 0 Å². The van der Waals surface area contributed by atoms with Gasteiger partial charge in [0, 0.05) is 0 Å². The van der Waals surface area contributed by atoms with Gasteiger partial charge in [-0.05, 0) is 54.9 Å². The summed E-state index contributed by atoms with van der Waals surface area (Å²) >= 11 is 0. The van der Waals surface area contributed by atoms with Crippen molar-refractivity contribution in [1.29, 1.82) is 0 Å². The average Bonchev–Trinajstić information content (AvgIpc) is 2.63. The van der Waals surface area contributed by atoms with Crippen LogP contribution in [0.2, 0.25) is 0 Å². The van der Waals surface area contributed by atoms with Crippen LogP contribution in [0.5, 0.6) is 0 Å². The van der Waals surface area contributed by atoms with Gasteiger partial charge < -0.3 is 0 Å². The third-order valence-electron chi connectivity index (χ3n) is 3.18. The summed E-state index contributed by atoms with van der Waals surface area (Å²) in [4.78, 5) is 0. The van der Waals surface area contributed by atoms with Gasteiger partial charge in [-0.3, -0.25) is 0 Å². The molecule has 1 aliphatic rings. The predicted octanol–water partition coefficient (Wildman–Crippen LogP) is 3.77. The molecule has 0 fully saturated rings. The Bertz CT molecular complexity index is 372. The second-order valence-corrected chi connectivity index (χ2v) is 4.26. The van der Waals surface area contributed by atoms with Gasteiger partial charge in [0.25, 0.3) is 0 Å². The topological polar surface area (TPSA) is 0 Å². The van der Waals surface area contributed by atoms with E-state index in [-0.39, 0.29) is 0 Å². The van der Waals surface area contributed by atoms with Crippen molar-refractivity contribution in [2.24, 2.45) is 0 Å². The van der Waals surface area contributed by atoms with Gasteiger partial charge in [0.2, 0.25) is 0 Å². The van der Waals surface area contributed by atoms with Crippen LogP contribution in [-0.2, 0) is 19.3 Å². The molecule has 1 aliphatic carbocycles. The summed E-state index contributed by atoms with van der Waals surface area (Å²) in [5.74, 6) is 0. The standard InChI is InChI=1S/C14H18/c1-4-11-8-13(10(2)3)9-12-6-5-7-14(11)12/h8-9H,2,4-7H2,1,3H3. The number of allylic oxidation sites excluding steroid dienone is 1. The highest BCUT2D eigenvalue weighted by Gasteiger charge is 2.15. The number of hydrogen-bond donors (Lipinski definition) is 0. The fourth-order valence-corrected chi connectivity index (χ4v) is 2.36. The van der Waals surface area contributed by atoms with Crippen LogP contribution in [0, 0.1) is 0 Å². The van der Waals surface area contributed by atoms with Gasteiger partial charge in [0.15, 0.2) is 0 Å². The summed E-state index contributed by atoms with van der Waals surface area (Å²) in [6.07, 6.45) is 5.05. The second-order valence-electron chi connectivity index (χ2n) is 4.26. The predicted molar refractivity (Wildman–Crippen MR) is 62.6 cm³/mol. The lowest BCUT2D eigenvalue weighted by atomic mass is 9.95. The minimum Gasteiger partial charge on any atom is -0.0955 e. The number of fused-ring (bicyclic) bond motifs is 1. The van der Waals surface area contributed by atoms with Crippen LogP contribution in [0.4, 0.5) is 0 Å². The summed E-state index contributed by atoms with van der Waals surface area (Å²) in [5.41, 5.74) is 7.26. The average molecular weight is 186 g/mol. The van der Waals surface area contributed by atoms with Crippen LogP contribution in [0.15, 0.2) is 18.7 Å². The molecule has 0 atom stereocenters. The number of aryl methyl sites for hydroxylation is 2. The molecule has 74 valence electrons. The molecular formula is C14H18. The fraction of sp³-hybridized carbons (Fsp3) is 0.429. The summed E-state index contributed by atoms with van der Waals surface area (Å²) < 4.78 is 0. The summed E-state index contributed by atoms with van der Waals surface area (Å²) in [6.45, 7) is 8.37. The first-order valence-electron chi connectivity index (χ1n) is 5.53. The number of hydrogen-bond acceptors (Lipinski definition) is 0. The van der Waals surface area contributed by atoms with E-state index >= 15 is 0 Å². The Kier molecular flexibility index (Phi) is 2.45. The van der Waals surface area contributed by atoms with Gasteiger partial charge >= 0.3 is 0 Å². The molecule has 0 amide bonds. The van der Waals surface area contributed by atoms with Crippen molar-refractivity contribution >= 4 is 5.57 Å². The Morgan fingerprint density at radius 3 is 2.79 bits per heavy atom. The van der Waals surface area contributed by atoms with Crippen molar-refractivity contribution in [3.63, 3.8) is 0 Å². The molecule has 1 aromatic carbocycles. The van der Waals surface area contributed by atoms with E-state index < -0.39 is 0 Å². The summed E-state index contributed by atoms with van der Waals surface area (Å²) in [7, 11) is 0. The van der Waals surface area contributed by atoms with Gasteiger partial charge in [0.1, 0.15) is 0 Å². The Labute approximate surface area is 86.7 Å². The molecule has 2 rings (SSSR count). The van der Waals surface area contributed by atoms with Crippen LogP contribution < -0.4 is 0 Å². The second kappa shape index (κ2) is 3.61. The van der Waals surface area contributed by atoms with Gasteiger partial charge in [-0.25, -0.2) is 0 Å². The van der Waals surface area contributed by atoms with Gasteiger partial charge in [-0.1, -0.05) is 31.2 Å². The van der Waals surface area contributed by atoms with Crippen LogP contribution in [-0.4, -0.2) is 0 Å². The number of rotatable bonds is 2. The van der Waals surface area contributed by atoms with Crippen LogP contribution in [0.25, 0.3) is 5.57 Å². The third-order valence-corrected chi connectivity index (χ3v) is 3.18. The lowest BCUT2D eigenvalue weighted by Crippen LogP contribution is -1.94. The fourth-order valence-electron chi connectivity index (χ4n) is 2.36. The third kappa shape index (κ3) is 1.50. The highest BCUT2D eigenvalue weighted by Crippen LogP contribution is 2.29. The SMILES string of the molecule is C=C(C)c1cc(CC)c2c(c1)CCC2. The van der Waals surface area contributed by atoms with E-state index in [1.54, 1.807) is 11.1 Å². The molecule has 0 N–H and O–H groups in total. The largest absolute Gasteiger partial charge is 0.0955 e. The Balaban J connectivity index is 2.54. The van der Waals surface area contributed by atoms with E-state index in [0.29, 0.717) is 0 Å². The van der Waals surface area contributed by atoms with E-state index in [4.69, 9.17) is 0 Å². The maximum atomic E-state index is 4.03. The smallest absolute Gasteiger partial charge is 0.0228 e. The Hall–Kier alpha value is -1.04. The van der Waals surface area contributed by atoms with Crippen LogP contribution >= 0.6 is 0 Å². The maximum absolute atomic E-state index is 4.03. The zero-order chi connectivity index (χ0) is 10.1. The first kappa shape index (κ1) is 9.51. The van der Waals surface area contributed by atoms with E-state index in [9.17, 15) is 0 Å². The van der Waals surface area contributed by atoms with Crippen molar-refractivity contribution in [3.8, 4) is 0 Å². The van der Waals surface area contributed by atoms with E-state index in [0.717, 1.165) is 6.42 Å². The van der Waals surface area contributed by atoms with E-state index in [1.807, 2.05) is 0 Å². The highest BCUT2D eigenvalue weighted by atomic mass is 14.2. The summed E-state index contributed by atoms with van der Waals surface area (Å²) in [6, 6.07) is 4.66. The zero-order valence-electron chi connectivity index (χ0n) is 9.19. The monoisotopic (exact) mass is 186 g/mol. The van der Waals surface area contributed by atoms with Crippen molar-refractivity contribution in [2.75, 3.05) is 0 Å². The molecule has 0 heterocycles. The first-order valence-corrected chi connectivity index (χ1v) is 5.53. The van der Waals surface area contributed by atoms with E-state index in [2.05, 4.69) is 32.6 Å². The van der Waals surface area contributed by atoms with Crippen molar-refractivity contribution in [3.05, 3.63) is 41.0 Å². The van der Waals surface area contributed by atoms with Crippen molar-refractivity contribution in [2.45, 2.75) is 39.5 Å². The van der Waals surface area contributed by atoms with Gasteiger partial charge in [0.05, 0.1) is 0 Å². The lowest BCUT2D eigenvalue weighted by Gasteiger charge is -2.10. The van der Waals surface area contributed by atoms with E-state index in [1.165, 1.54) is 36.0 Å². The van der Waals surface area contributed by atoms with Crippen molar-refractivity contribution < 1.29 is 0 Å². The first-order chi connectivity index (χ1) is 6.72. The van der Waals surface area contributed by atoms with Crippen molar-refractivity contribution in [1.82, 2.24) is 0 Å². The molecule has 0 nitrogen and oxygen atoms in total. The molecule has 14 heavy (non-hydrogen) atoms. The van der Waals surface area contributed by atoms with Gasteiger partial charge in [-0.15, -0.1) is 0 Å². The molecule has 0 radical (unpaired) electrons.